The highest BCUT2D eigenvalue weighted by atomic mass is 32.1. The maximum Gasteiger partial charge on any atom is 0.270 e. The van der Waals surface area contributed by atoms with Crippen molar-refractivity contribution >= 4 is 17.2 Å². The van der Waals surface area contributed by atoms with Crippen molar-refractivity contribution in [3.63, 3.8) is 0 Å². The predicted molar refractivity (Wildman–Crippen MR) is 103 cm³/mol. The summed E-state index contributed by atoms with van der Waals surface area (Å²) in [4.78, 5) is 21.2. The highest BCUT2D eigenvalue weighted by Gasteiger charge is 2.20. The van der Waals surface area contributed by atoms with Crippen LogP contribution in [-0.4, -0.2) is 60.2 Å². The van der Waals surface area contributed by atoms with Crippen molar-refractivity contribution in [3.8, 4) is 11.5 Å². The molecule has 1 fully saturated rings. The molecule has 1 aromatic heterocycles. The molecule has 2 aliphatic heterocycles. The van der Waals surface area contributed by atoms with Gasteiger partial charge in [-0.3, -0.25) is 14.6 Å². The first-order valence-corrected chi connectivity index (χ1v) is 10.1. The molecule has 0 spiro atoms. The van der Waals surface area contributed by atoms with E-state index in [-0.39, 0.29) is 5.91 Å². The van der Waals surface area contributed by atoms with E-state index in [0.717, 1.165) is 55.8 Å². The Morgan fingerprint density at radius 3 is 2.67 bits per heavy atom. The number of hydrogen-bond donors (Lipinski definition) is 1. The lowest BCUT2D eigenvalue weighted by atomic mass is 10.1. The van der Waals surface area contributed by atoms with Crippen LogP contribution in [0.15, 0.2) is 23.6 Å². The smallest absolute Gasteiger partial charge is 0.270 e. The number of ether oxygens (including phenoxy) is 2. The van der Waals surface area contributed by atoms with E-state index in [1.54, 1.807) is 11.3 Å². The molecule has 0 unspecified atom stereocenters. The van der Waals surface area contributed by atoms with Gasteiger partial charge in [0.25, 0.3) is 5.91 Å². The largest absolute Gasteiger partial charge is 0.454 e. The van der Waals surface area contributed by atoms with E-state index < -0.39 is 0 Å². The van der Waals surface area contributed by atoms with Crippen LogP contribution in [0.5, 0.6) is 11.5 Å². The van der Waals surface area contributed by atoms with Crippen LogP contribution in [0.1, 0.15) is 28.0 Å². The third-order valence-electron chi connectivity index (χ3n) is 4.79. The van der Waals surface area contributed by atoms with Gasteiger partial charge in [-0.05, 0) is 24.6 Å². The summed E-state index contributed by atoms with van der Waals surface area (Å²) in [6.07, 6.45) is 0. The summed E-state index contributed by atoms with van der Waals surface area (Å²) in [6, 6.07) is 6.17. The van der Waals surface area contributed by atoms with Crippen LogP contribution >= 0.6 is 11.3 Å². The number of nitrogens with zero attached hydrogens (tertiary/aromatic N) is 3. The Bertz CT molecular complexity index is 802. The summed E-state index contributed by atoms with van der Waals surface area (Å²) in [7, 11) is 0. The zero-order valence-corrected chi connectivity index (χ0v) is 16.3. The number of thiazole rings is 1. The molecule has 144 valence electrons. The second kappa shape index (κ2) is 8.24. The maximum absolute atomic E-state index is 11.8. The number of rotatable bonds is 6. The maximum atomic E-state index is 11.8. The van der Waals surface area contributed by atoms with Crippen molar-refractivity contribution < 1.29 is 14.3 Å². The normalized spacial score (nSPS) is 17.2. The number of benzene rings is 1. The van der Waals surface area contributed by atoms with Gasteiger partial charge in [0.15, 0.2) is 11.5 Å². The van der Waals surface area contributed by atoms with Crippen molar-refractivity contribution in [2.24, 2.45) is 0 Å². The quantitative estimate of drug-likeness (QED) is 0.816. The molecule has 4 rings (SSSR count). The van der Waals surface area contributed by atoms with Crippen LogP contribution in [-0.2, 0) is 13.1 Å². The van der Waals surface area contributed by atoms with Crippen molar-refractivity contribution in [1.82, 2.24) is 20.1 Å². The van der Waals surface area contributed by atoms with Gasteiger partial charge in [-0.25, -0.2) is 4.98 Å². The number of fused-ring (bicyclic) bond motifs is 1. The average Bonchev–Trinajstić information content (AvgIpc) is 3.32. The van der Waals surface area contributed by atoms with Crippen molar-refractivity contribution in [3.05, 3.63) is 39.8 Å². The molecular formula is C19H24N4O3S. The molecule has 1 saturated heterocycles. The lowest BCUT2D eigenvalue weighted by Crippen LogP contribution is -2.45. The molecule has 7 nitrogen and oxygen atoms in total. The number of nitrogens with one attached hydrogen (secondary N) is 1. The molecule has 27 heavy (non-hydrogen) atoms. The van der Waals surface area contributed by atoms with Crippen LogP contribution in [0.3, 0.4) is 0 Å². The second-order valence-corrected chi connectivity index (χ2v) is 7.67. The van der Waals surface area contributed by atoms with E-state index in [1.807, 2.05) is 18.4 Å². The van der Waals surface area contributed by atoms with Gasteiger partial charge in [0, 0.05) is 44.6 Å². The lowest BCUT2D eigenvalue weighted by Gasteiger charge is -2.34. The van der Waals surface area contributed by atoms with Crippen LogP contribution in [0.4, 0.5) is 0 Å². The zero-order valence-electron chi connectivity index (χ0n) is 15.4. The molecule has 8 heteroatoms. The van der Waals surface area contributed by atoms with Crippen LogP contribution < -0.4 is 14.8 Å². The fraction of sp³-hybridized carbons (Fsp3) is 0.474. The van der Waals surface area contributed by atoms with Crippen LogP contribution in [0, 0.1) is 0 Å². The first-order valence-electron chi connectivity index (χ1n) is 9.27. The van der Waals surface area contributed by atoms with Gasteiger partial charge >= 0.3 is 0 Å². The van der Waals surface area contributed by atoms with Gasteiger partial charge in [0.05, 0.1) is 6.54 Å². The number of aromatic nitrogens is 1. The molecule has 2 aromatic rings. The first kappa shape index (κ1) is 18.2. The Morgan fingerprint density at radius 2 is 1.89 bits per heavy atom. The van der Waals surface area contributed by atoms with E-state index in [9.17, 15) is 4.79 Å². The van der Waals surface area contributed by atoms with E-state index in [2.05, 4.69) is 32.2 Å². The van der Waals surface area contributed by atoms with E-state index in [1.165, 1.54) is 5.56 Å². The number of hydrogen-bond acceptors (Lipinski definition) is 7. The Morgan fingerprint density at radius 1 is 1.15 bits per heavy atom. The van der Waals surface area contributed by atoms with Crippen LogP contribution in [0.25, 0.3) is 0 Å². The first-order chi connectivity index (χ1) is 13.2. The third-order valence-corrected chi connectivity index (χ3v) is 5.62. The molecule has 3 heterocycles. The minimum absolute atomic E-state index is 0.0893. The third kappa shape index (κ3) is 4.40. The Labute approximate surface area is 162 Å². The number of amides is 1. The Hall–Kier alpha value is -2.16. The predicted octanol–water partition coefficient (Wildman–Crippen LogP) is 1.94. The highest BCUT2D eigenvalue weighted by molar-refractivity contribution is 7.09. The molecule has 0 bridgehead atoms. The summed E-state index contributed by atoms with van der Waals surface area (Å²) < 4.78 is 10.8. The monoisotopic (exact) mass is 388 g/mol. The van der Waals surface area contributed by atoms with E-state index in [0.29, 0.717) is 19.0 Å². The summed E-state index contributed by atoms with van der Waals surface area (Å²) in [6.45, 7) is 8.61. The fourth-order valence-electron chi connectivity index (χ4n) is 3.33. The zero-order chi connectivity index (χ0) is 18.6. The van der Waals surface area contributed by atoms with E-state index >= 15 is 0 Å². The summed E-state index contributed by atoms with van der Waals surface area (Å²) in [5.74, 6) is 1.59. The van der Waals surface area contributed by atoms with Crippen molar-refractivity contribution in [2.45, 2.75) is 20.0 Å². The lowest BCUT2D eigenvalue weighted by molar-refractivity contribution is 0.0950. The van der Waals surface area contributed by atoms with Crippen molar-refractivity contribution in [2.75, 3.05) is 39.5 Å². The van der Waals surface area contributed by atoms with Gasteiger partial charge in [0.1, 0.15) is 10.7 Å². The Kier molecular flexibility index (Phi) is 5.56. The molecular weight excluding hydrogens is 364 g/mol. The van der Waals surface area contributed by atoms with Crippen LogP contribution in [0.2, 0.25) is 0 Å². The minimum atomic E-state index is -0.0893. The Balaban J connectivity index is 1.26. The SMILES string of the molecule is CCNC(=O)c1csc(CN2CCN(Cc3ccc4c(c3)OCO4)CC2)n1. The van der Waals surface area contributed by atoms with Gasteiger partial charge in [0.2, 0.25) is 6.79 Å². The summed E-state index contributed by atoms with van der Waals surface area (Å²) in [5, 5.41) is 5.64. The summed E-state index contributed by atoms with van der Waals surface area (Å²) in [5.41, 5.74) is 1.78. The van der Waals surface area contributed by atoms with Crippen molar-refractivity contribution in [1.29, 1.82) is 0 Å². The number of carbonyl (C=O) groups excluding carboxylic acids is 1. The molecule has 2 aliphatic rings. The standard InChI is InChI=1S/C19H24N4O3S/c1-2-20-19(24)15-12-27-18(21-15)11-23-7-5-22(6-8-23)10-14-3-4-16-17(9-14)26-13-25-16/h3-4,9,12H,2,5-8,10-11,13H2,1H3,(H,20,24). The molecule has 1 N–H and O–H groups in total. The molecule has 1 aromatic carbocycles. The number of carbonyl (C=O) groups is 1. The molecule has 1 amide bonds. The number of piperazine rings is 1. The minimum Gasteiger partial charge on any atom is -0.454 e. The van der Waals surface area contributed by atoms with E-state index in [4.69, 9.17) is 9.47 Å². The van der Waals surface area contributed by atoms with Gasteiger partial charge in [-0.2, -0.15) is 0 Å². The average molecular weight is 388 g/mol. The highest BCUT2D eigenvalue weighted by Crippen LogP contribution is 2.32. The topological polar surface area (TPSA) is 66.9 Å². The fourth-order valence-corrected chi connectivity index (χ4v) is 4.15. The summed E-state index contributed by atoms with van der Waals surface area (Å²) >= 11 is 1.56. The molecule has 0 aliphatic carbocycles. The van der Waals surface area contributed by atoms with Gasteiger partial charge in [-0.15, -0.1) is 11.3 Å². The molecule has 0 saturated carbocycles. The molecule has 0 atom stereocenters. The molecule has 0 radical (unpaired) electrons. The second-order valence-electron chi connectivity index (χ2n) is 6.73. The van der Waals surface area contributed by atoms with Gasteiger partial charge in [-0.1, -0.05) is 6.07 Å². The van der Waals surface area contributed by atoms with Gasteiger partial charge < -0.3 is 14.8 Å².